The molecule has 1 fully saturated rings. The fourth-order valence-corrected chi connectivity index (χ4v) is 3.79. The molecule has 0 amide bonds. The zero-order valence-corrected chi connectivity index (χ0v) is 17.4. The zero-order chi connectivity index (χ0) is 16.7. The van der Waals surface area contributed by atoms with Crippen molar-refractivity contribution in [3.05, 3.63) is 35.4 Å². The van der Waals surface area contributed by atoms with Gasteiger partial charge in [0.05, 0.1) is 11.5 Å². The molecule has 136 valence electrons. The van der Waals surface area contributed by atoms with Crippen LogP contribution in [0.25, 0.3) is 0 Å². The van der Waals surface area contributed by atoms with Gasteiger partial charge in [0.2, 0.25) is 0 Å². The van der Waals surface area contributed by atoms with Crippen LogP contribution in [0.2, 0.25) is 0 Å². The molecule has 1 aliphatic heterocycles. The molecule has 1 aliphatic rings. The van der Waals surface area contributed by atoms with Gasteiger partial charge in [-0.1, -0.05) is 24.3 Å². The van der Waals surface area contributed by atoms with E-state index in [9.17, 15) is 8.42 Å². The molecule has 0 spiro atoms. The number of benzene rings is 1. The highest BCUT2D eigenvalue weighted by Crippen LogP contribution is 2.06. The third-order valence-corrected chi connectivity index (χ3v) is 5.70. The van der Waals surface area contributed by atoms with Gasteiger partial charge >= 0.3 is 0 Å². The van der Waals surface area contributed by atoms with Gasteiger partial charge in [-0.3, -0.25) is 9.89 Å². The van der Waals surface area contributed by atoms with Crippen LogP contribution < -0.4 is 10.6 Å². The van der Waals surface area contributed by atoms with Gasteiger partial charge < -0.3 is 10.6 Å². The van der Waals surface area contributed by atoms with Crippen molar-refractivity contribution < 1.29 is 8.42 Å². The van der Waals surface area contributed by atoms with E-state index in [0.29, 0.717) is 13.1 Å². The highest BCUT2D eigenvalue weighted by molar-refractivity contribution is 14.0. The Morgan fingerprint density at radius 3 is 2.50 bits per heavy atom. The number of aliphatic imine (C=N–C) groups is 1. The quantitative estimate of drug-likeness (QED) is 0.385. The Kier molecular flexibility index (Phi) is 8.99. The average molecular weight is 466 g/mol. The van der Waals surface area contributed by atoms with Crippen molar-refractivity contribution in [3.63, 3.8) is 0 Å². The molecule has 8 heteroatoms. The number of hydrogen-bond acceptors (Lipinski definition) is 4. The van der Waals surface area contributed by atoms with Gasteiger partial charge in [-0.05, 0) is 18.1 Å². The zero-order valence-electron chi connectivity index (χ0n) is 14.3. The number of nitrogens with one attached hydrogen (secondary N) is 2. The monoisotopic (exact) mass is 466 g/mol. The Morgan fingerprint density at radius 2 is 1.88 bits per heavy atom. The lowest BCUT2D eigenvalue weighted by Gasteiger charge is -2.26. The lowest BCUT2D eigenvalue weighted by atomic mass is 10.1. The summed E-state index contributed by atoms with van der Waals surface area (Å²) in [5.41, 5.74) is 2.50. The first-order chi connectivity index (χ1) is 11.0. The highest BCUT2D eigenvalue weighted by Gasteiger charge is 2.20. The van der Waals surface area contributed by atoms with Crippen LogP contribution in [0.15, 0.2) is 29.3 Å². The number of rotatable bonds is 5. The second-order valence-electron chi connectivity index (χ2n) is 5.77. The summed E-state index contributed by atoms with van der Waals surface area (Å²) < 4.78 is 22.8. The van der Waals surface area contributed by atoms with Crippen molar-refractivity contribution in [1.29, 1.82) is 0 Å². The number of halogens is 1. The Hall–Kier alpha value is -0.870. The summed E-state index contributed by atoms with van der Waals surface area (Å²) in [6.07, 6.45) is 0. The predicted octanol–water partition coefficient (Wildman–Crippen LogP) is 1.01. The molecule has 1 saturated heterocycles. The van der Waals surface area contributed by atoms with E-state index in [0.717, 1.165) is 25.6 Å². The Balaban J connectivity index is 0.00000288. The molecule has 0 aliphatic carbocycles. The first kappa shape index (κ1) is 21.2. The Bertz CT molecular complexity index is 635. The van der Waals surface area contributed by atoms with Gasteiger partial charge in [-0.15, -0.1) is 24.0 Å². The summed E-state index contributed by atoms with van der Waals surface area (Å²) in [6.45, 7) is 5.64. The van der Waals surface area contributed by atoms with E-state index in [1.54, 1.807) is 7.05 Å². The van der Waals surface area contributed by atoms with Crippen LogP contribution in [-0.4, -0.2) is 64.0 Å². The van der Waals surface area contributed by atoms with Crippen LogP contribution >= 0.6 is 24.0 Å². The van der Waals surface area contributed by atoms with Crippen molar-refractivity contribution in [2.45, 2.75) is 13.5 Å². The molecular formula is C16H27IN4O2S. The lowest BCUT2D eigenvalue weighted by molar-refractivity contribution is 0.299. The van der Waals surface area contributed by atoms with Gasteiger partial charge in [0, 0.05) is 39.8 Å². The van der Waals surface area contributed by atoms with Crippen molar-refractivity contribution in [2.75, 3.05) is 44.7 Å². The predicted molar refractivity (Wildman–Crippen MR) is 110 cm³/mol. The van der Waals surface area contributed by atoms with Crippen LogP contribution in [0.3, 0.4) is 0 Å². The van der Waals surface area contributed by atoms with Crippen molar-refractivity contribution >= 4 is 39.8 Å². The molecule has 0 aromatic heterocycles. The molecular weight excluding hydrogens is 439 g/mol. The molecule has 0 saturated carbocycles. The number of aryl methyl sites for hydroxylation is 1. The van der Waals surface area contributed by atoms with Crippen LogP contribution in [0.4, 0.5) is 0 Å². The molecule has 2 N–H and O–H groups in total. The van der Waals surface area contributed by atoms with Gasteiger partial charge in [-0.2, -0.15) is 0 Å². The molecule has 1 aromatic rings. The molecule has 1 heterocycles. The summed E-state index contributed by atoms with van der Waals surface area (Å²) in [4.78, 5) is 6.39. The first-order valence-electron chi connectivity index (χ1n) is 7.92. The molecule has 0 atom stereocenters. The first-order valence-corrected chi connectivity index (χ1v) is 9.74. The minimum Gasteiger partial charge on any atom is -0.355 e. The summed E-state index contributed by atoms with van der Waals surface area (Å²) in [6, 6.07) is 8.26. The number of hydrogen-bond donors (Lipinski definition) is 2. The largest absolute Gasteiger partial charge is 0.355 e. The van der Waals surface area contributed by atoms with E-state index >= 15 is 0 Å². The average Bonchev–Trinajstić information content (AvgIpc) is 2.53. The number of nitrogens with zero attached hydrogens (tertiary/aromatic N) is 2. The van der Waals surface area contributed by atoms with E-state index in [-0.39, 0.29) is 35.5 Å². The highest BCUT2D eigenvalue weighted by atomic mass is 127. The molecule has 24 heavy (non-hydrogen) atoms. The Labute approximate surface area is 162 Å². The van der Waals surface area contributed by atoms with Gasteiger partial charge in [-0.25, -0.2) is 8.42 Å². The molecule has 0 unspecified atom stereocenters. The van der Waals surface area contributed by atoms with Crippen LogP contribution in [0, 0.1) is 6.92 Å². The van der Waals surface area contributed by atoms with Crippen molar-refractivity contribution in [1.82, 2.24) is 15.5 Å². The standard InChI is InChI=1S/C16H26N4O2S.HI/c1-14-5-3-4-6-15(14)13-19-16(17-2)18-7-8-20-9-11-23(21,22)12-10-20;/h3-6H,7-13H2,1-2H3,(H2,17,18,19);1H. The van der Waals surface area contributed by atoms with Crippen LogP contribution in [0.1, 0.15) is 11.1 Å². The van der Waals surface area contributed by atoms with E-state index in [1.165, 1.54) is 11.1 Å². The summed E-state index contributed by atoms with van der Waals surface area (Å²) in [5.74, 6) is 1.30. The van der Waals surface area contributed by atoms with Gasteiger partial charge in [0.1, 0.15) is 0 Å². The Morgan fingerprint density at radius 1 is 1.21 bits per heavy atom. The van der Waals surface area contributed by atoms with E-state index in [2.05, 4.69) is 39.6 Å². The molecule has 2 rings (SSSR count). The fraction of sp³-hybridized carbons (Fsp3) is 0.562. The maximum atomic E-state index is 11.4. The topological polar surface area (TPSA) is 73.8 Å². The van der Waals surface area contributed by atoms with E-state index < -0.39 is 9.84 Å². The number of guanidine groups is 1. The summed E-state index contributed by atoms with van der Waals surface area (Å²) in [5, 5.41) is 6.58. The molecule has 1 aromatic carbocycles. The third-order valence-electron chi connectivity index (χ3n) is 4.09. The molecule has 0 radical (unpaired) electrons. The molecule has 0 bridgehead atoms. The van der Waals surface area contributed by atoms with Crippen LogP contribution in [0.5, 0.6) is 0 Å². The normalized spacial score (nSPS) is 17.8. The van der Waals surface area contributed by atoms with Crippen LogP contribution in [-0.2, 0) is 16.4 Å². The van der Waals surface area contributed by atoms with Gasteiger partial charge in [0.15, 0.2) is 15.8 Å². The van der Waals surface area contributed by atoms with E-state index in [1.807, 2.05) is 12.1 Å². The van der Waals surface area contributed by atoms with Crippen molar-refractivity contribution in [2.24, 2.45) is 4.99 Å². The fourth-order valence-electron chi connectivity index (χ4n) is 2.51. The maximum Gasteiger partial charge on any atom is 0.191 e. The number of sulfone groups is 1. The third kappa shape index (κ3) is 6.94. The minimum absolute atomic E-state index is 0. The van der Waals surface area contributed by atoms with Gasteiger partial charge in [0.25, 0.3) is 0 Å². The SMILES string of the molecule is CN=C(NCCN1CCS(=O)(=O)CC1)NCc1ccccc1C.I. The second kappa shape index (κ2) is 10.2. The minimum atomic E-state index is -2.80. The smallest absolute Gasteiger partial charge is 0.191 e. The van der Waals surface area contributed by atoms with Crippen molar-refractivity contribution in [3.8, 4) is 0 Å². The second-order valence-corrected chi connectivity index (χ2v) is 8.08. The van der Waals surface area contributed by atoms with E-state index in [4.69, 9.17) is 0 Å². The maximum absolute atomic E-state index is 11.4. The molecule has 6 nitrogen and oxygen atoms in total. The summed E-state index contributed by atoms with van der Waals surface area (Å²) in [7, 11) is -1.05. The summed E-state index contributed by atoms with van der Waals surface area (Å²) >= 11 is 0. The lowest BCUT2D eigenvalue weighted by Crippen LogP contribution is -2.45.